The van der Waals surface area contributed by atoms with E-state index >= 15 is 0 Å². The molecule has 0 saturated carbocycles. The van der Waals surface area contributed by atoms with Crippen LogP contribution >= 0.6 is 11.3 Å². The first kappa shape index (κ1) is 14.5. The SMILES string of the molecule is Cc1c(C(=O)N2CCC[C@H]([C@@H](C)N)C2)sc2ccccc12. The van der Waals surface area contributed by atoms with Gasteiger partial charge >= 0.3 is 0 Å². The number of benzene rings is 1. The summed E-state index contributed by atoms with van der Waals surface area (Å²) in [4.78, 5) is 15.7. The van der Waals surface area contributed by atoms with Crippen LogP contribution in [-0.4, -0.2) is 29.9 Å². The Labute approximate surface area is 129 Å². The van der Waals surface area contributed by atoms with E-state index in [1.807, 2.05) is 24.0 Å². The molecule has 3 rings (SSSR count). The Bertz CT molecular complexity index is 662. The van der Waals surface area contributed by atoms with Gasteiger partial charge in [-0.15, -0.1) is 11.3 Å². The third-order valence-corrected chi connectivity index (χ3v) is 5.79. The lowest BCUT2D eigenvalue weighted by Crippen LogP contribution is -2.45. The molecular formula is C17H22N2OS. The summed E-state index contributed by atoms with van der Waals surface area (Å²) in [6.45, 7) is 5.75. The molecule has 1 amide bonds. The van der Waals surface area contributed by atoms with Crippen LogP contribution in [-0.2, 0) is 0 Å². The second-order valence-electron chi connectivity index (χ2n) is 6.06. The monoisotopic (exact) mass is 302 g/mol. The van der Waals surface area contributed by atoms with Crippen molar-refractivity contribution in [3.63, 3.8) is 0 Å². The van der Waals surface area contributed by atoms with Gasteiger partial charge in [0.25, 0.3) is 5.91 Å². The predicted molar refractivity (Wildman–Crippen MR) is 88.8 cm³/mol. The van der Waals surface area contributed by atoms with E-state index in [0.717, 1.165) is 36.4 Å². The molecule has 1 aromatic carbocycles. The number of carbonyl (C=O) groups is 1. The van der Waals surface area contributed by atoms with Crippen molar-refractivity contribution in [1.29, 1.82) is 0 Å². The number of rotatable bonds is 2. The Morgan fingerprint density at radius 3 is 2.90 bits per heavy atom. The first-order valence-corrected chi connectivity index (χ1v) is 8.42. The van der Waals surface area contributed by atoms with Crippen LogP contribution in [0.3, 0.4) is 0 Å². The van der Waals surface area contributed by atoms with Gasteiger partial charge in [0, 0.05) is 23.8 Å². The number of likely N-dealkylation sites (tertiary alicyclic amines) is 1. The molecule has 0 spiro atoms. The minimum Gasteiger partial charge on any atom is -0.338 e. The molecular weight excluding hydrogens is 280 g/mol. The minimum atomic E-state index is 0.157. The Hall–Kier alpha value is -1.39. The second-order valence-corrected chi connectivity index (χ2v) is 7.12. The Kier molecular flexibility index (Phi) is 4.00. The zero-order valence-electron chi connectivity index (χ0n) is 12.6. The van der Waals surface area contributed by atoms with Crippen molar-refractivity contribution in [1.82, 2.24) is 4.90 Å². The summed E-state index contributed by atoms with van der Waals surface area (Å²) in [5.74, 6) is 0.608. The van der Waals surface area contributed by atoms with Crippen molar-refractivity contribution in [2.75, 3.05) is 13.1 Å². The largest absolute Gasteiger partial charge is 0.338 e. The molecule has 2 N–H and O–H groups in total. The van der Waals surface area contributed by atoms with Gasteiger partial charge in [-0.25, -0.2) is 0 Å². The fourth-order valence-electron chi connectivity index (χ4n) is 3.15. The highest BCUT2D eigenvalue weighted by Crippen LogP contribution is 2.32. The molecule has 1 aliphatic rings. The maximum atomic E-state index is 12.9. The van der Waals surface area contributed by atoms with Gasteiger partial charge in [0.1, 0.15) is 0 Å². The molecule has 3 nitrogen and oxygen atoms in total. The highest BCUT2D eigenvalue weighted by molar-refractivity contribution is 7.21. The summed E-state index contributed by atoms with van der Waals surface area (Å²) in [6.07, 6.45) is 2.19. The predicted octanol–water partition coefficient (Wildman–Crippen LogP) is 3.41. The number of nitrogens with zero attached hydrogens (tertiary/aromatic N) is 1. The molecule has 112 valence electrons. The lowest BCUT2D eigenvalue weighted by atomic mass is 9.92. The maximum absolute atomic E-state index is 12.9. The van der Waals surface area contributed by atoms with Gasteiger partial charge in [0.2, 0.25) is 0 Å². The third-order valence-electron chi connectivity index (χ3n) is 4.53. The van der Waals surface area contributed by atoms with Crippen molar-refractivity contribution in [2.45, 2.75) is 32.7 Å². The van der Waals surface area contributed by atoms with Crippen molar-refractivity contribution in [3.8, 4) is 0 Å². The highest BCUT2D eigenvalue weighted by Gasteiger charge is 2.28. The zero-order chi connectivity index (χ0) is 15.0. The van der Waals surface area contributed by atoms with Crippen LogP contribution in [0.25, 0.3) is 10.1 Å². The average Bonchev–Trinajstić information content (AvgIpc) is 2.84. The number of aryl methyl sites for hydroxylation is 1. The number of thiophene rings is 1. The Balaban J connectivity index is 1.88. The summed E-state index contributed by atoms with van der Waals surface area (Å²) in [5.41, 5.74) is 7.14. The molecule has 2 heterocycles. The molecule has 2 aromatic rings. The number of hydrogen-bond acceptors (Lipinski definition) is 3. The van der Waals surface area contributed by atoms with E-state index in [0.29, 0.717) is 5.92 Å². The van der Waals surface area contributed by atoms with Crippen LogP contribution < -0.4 is 5.73 Å². The highest BCUT2D eigenvalue weighted by atomic mass is 32.1. The lowest BCUT2D eigenvalue weighted by molar-refractivity contribution is 0.0665. The molecule has 4 heteroatoms. The van der Waals surface area contributed by atoms with Gasteiger partial charge in [0.15, 0.2) is 0 Å². The topological polar surface area (TPSA) is 46.3 Å². The van der Waals surface area contributed by atoms with E-state index in [-0.39, 0.29) is 11.9 Å². The molecule has 21 heavy (non-hydrogen) atoms. The number of carbonyl (C=O) groups excluding carboxylic acids is 1. The minimum absolute atomic E-state index is 0.157. The van der Waals surface area contributed by atoms with Gasteiger partial charge in [-0.1, -0.05) is 18.2 Å². The van der Waals surface area contributed by atoms with E-state index in [1.54, 1.807) is 11.3 Å². The molecule has 1 fully saturated rings. The fraction of sp³-hybridized carbons (Fsp3) is 0.471. The normalized spacial score (nSPS) is 20.7. The van der Waals surface area contributed by atoms with Gasteiger partial charge in [-0.2, -0.15) is 0 Å². The molecule has 0 unspecified atom stereocenters. The summed E-state index contributed by atoms with van der Waals surface area (Å²) >= 11 is 1.61. The number of amides is 1. The zero-order valence-corrected chi connectivity index (χ0v) is 13.5. The number of hydrogen-bond donors (Lipinski definition) is 1. The quantitative estimate of drug-likeness (QED) is 0.924. The first-order valence-electron chi connectivity index (χ1n) is 7.61. The van der Waals surface area contributed by atoms with Crippen LogP contribution in [0.2, 0.25) is 0 Å². The molecule has 0 bridgehead atoms. The standard InChI is InChI=1S/C17H22N2OS/c1-11-14-7-3-4-8-15(14)21-16(11)17(20)19-9-5-6-13(10-19)12(2)18/h3-4,7-8,12-13H,5-6,9-10,18H2,1-2H3/t12-,13+/m1/s1. The smallest absolute Gasteiger partial charge is 0.264 e. The Morgan fingerprint density at radius 1 is 1.43 bits per heavy atom. The molecule has 1 aliphatic heterocycles. The summed E-state index contributed by atoms with van der Waals surface area (Å²) < 4.78 is 1.19. The summed E-state index contributed by atoms with van der Waals surface area (Å²) in [5, 5.41) is 1.20. The third kappa shape index (κ3) is 2.70. The van der Waals surface area contributed by atoms with E-state index in [2.05, 4.69) is 19.1 Å². The first-order chi connectivity index (χ1) is 10.1. The summed E-state index contributed by atoms with van der Waals surface area (Å²) in [6, 6.07) is 8.40. The number of fused-ring (bicyclic) bond motifs is 1. The number of nitrogens with two attached hydrogens (primary N) is 1. The molecule has 0 aliphatic carbocycles. The lowest BCUT2D eigenvalue weighted by Gasteiger charge is -2.34. The second kappa shape index (κ2) is 5.78. The van der Waals surface area contributed by atoms with Gasteiger partial charge in [-0.3, -0.25) is 4.79 Å². The fourth-order valence-corrected chi connectivity index (χ4v) is 4.32. The van der Waals surface area contributed by atoms with E-state index < -0.39 is 0 Å². The van der Waals surface area contributed by atoms with Crippen molar-refractivity contribution in [3.05, 3.63) is 34.7 Å². The van der Waals surface area contributed by atoms with Crippen LogP contribution in [0.4, 0.5) is 0 Å². The molecule has 1 saturated heterocycles. The number of piperidine rings is 1. The van der Waals surface area contributed by atoms with Crippen LogP contribution in [0.1, 0.15) is 35.0 Å². The van der Waals surface area contributed by atoms with Crippen LogP contribution in [0.15, 0.2) is 24.3 Å². The molecule has 2 atom stereocenters. The average molecular weight is 302 g/mol. The van der Waals surface area contributed by atoms with Gasteiger partial charge < -0.3 is 10.6 Å². The van der Waals surface area contributed by atoms with Crippen LogP contribution in [0.5, 0.6) is 0 Å². The van der Waals surface area contributed by atoms with Gasteiger partial charge in [0.05, 0.1) is 4.88 Å². The van der Waals surface area contributed by atoms with Crippen molar-refractivity contribution >= 4 is 27.3 Å². The van der Waals surface area contributed by atoms with Crippen molar-refractivity contribution in [2.24, 2.45) is 11.7 Å². The van der Waals surface area contributed by atoms with Crippen LogP contribution in [0, 0.1) is 12.8 Å². The van der Waals surface area contributed by atoms with Crippen molar-refractivity contribution < 1.29 is 4.79 Å². The van der Waals surface area contributed by atoms with E-state index in [1.165, 1.54) is 10.1 Å². The Morgan fingerprint density at radius 2 is 2.19 bits per heavy atom. The molecule has 0 radical (unpaired) electrons. The summed E-state index contributed by atoms with van der Waals surface area (Å²) in [7, 11) is 0. The van der Waals surface area contributed by atoms with Gasteiger partial charge in [-0.05, 0) is 49.6 Å². The molecule has 1 aromatic heterocycles. The maximum Gasteiger partial charge on any atom is 0.264 e. The van der Waals surface area contributed by atoms with E-state index in [9.17, 15) is 4.79 Å². The van der Waals surface area contributed by atoms with E-state index in [4.69, 9.17) is 5.73 Å².